The van der Waals surface area contributed by atoms with Gasteiger partial charge in [-0.3, -0.25) is 4.79 Å². The molecule has 0 radical (unpaired) electrons. The Morgan fingerprint density at radius 2 is 1.86 bits per heavy atom. The number of hydrogen-bond donors (Lipinski definition) is 0. The smallest absolute Gasteiger partial charge is 0.253 e. The number of unbranched alkanes of at least 4 members (excludes halogenated alkanes) is 1. The quantitative estimate of drug-likeness (QED) is 0.685. The number of carbonyl (C=O) groups excluding carboxylic acids is 1. The summed E-state index contributed by atoms with van der Waals surface area (Å²) in [4.78, 5) is 18.9. The Morgan fingerprint density at radius 3 is 2.50 bits per heavy atom. The van der Waals surface area contributed by atoms with Crippen molar-refractivity contribution in [2.24, 2.45) is 0 Å². The highest BCUT2D eigenvalue weighted by Gasteiger charge is 2.23. The number of benzene rings is 1. The molecule has 1 aromatic heterocycles. The van der Waals surface area contributed by atoms with E-state index >= 15 is 0 Å². The Kier molecular flexibility index (Phi) is 6.68. The van der Waals surface area contributed by atoms with Gasteiger partial charge in [-0.25, -0.2) is 0 Å². The molecule has 0 N–H and O–H groups in total. The van der Waals surface area contributed by atoms with E-state index in [2.05, 4.69) is 22.0 Å². The second-order valence-electron chi connectivity index (χ2n) is 7.17. The maximum atomic E-state index is 12.8. The lowest BCUT2D eigenvalue weighted by Gasteiger charge is -2.35. The van der Waals surface area contributed by atoms with Crippen molar-refractivity contribution in [3.05, 3.63) is 42.1 Å². The minimum atomic E-state index is 0.0629. The number of anilines is 2. The van der Waals surface area contributed by atoms with Crippen LogP contribution in [0.3, 0.4) is 0 Å². The van der Waals surface area contributed by atoms with Crippen LogP contribution >= 0.6 is 0 Å². The zero-order valence-electron chi connectivity index (χ0n) is 17.0. The van der Waals surface area contributed by atoms with Gasteiger partial charge >= 0.3 is 0 Å². The van der Waals surface area contributed by atoms with Crippen molar-refractivity contribution in [3.63, 3.8) is 0 Å². The summed E-state index contributed by atoms with van der Waals surface area (Å²) in [5.41, 5.74) is 1.72. The van der Waals surface area contributed by atoms with Crippen molar-refractivity contribution in [1.82, 2.24) is 15.1 Å². The van der Waals surface area contributed by atoms with Crippen LogP contribution in [-0.4, -0.2) is 67.9 Å². The molecule has 7 nitrogen and oxygen atoms in total. The highest BCUT2D eigenvalue weighted by atomic mass is 16.5. The molecule has 1 amide bonds. The molecule has 0 atom stereocenters. The average Bonchev–Trinajstić information content (AvgIpc) is 2.74. The fraction of sp³-hybridized carbons (Fsp3) is 0.476. The van der Waals surface area contributed by atoms with Crippen molar-refractivity contribution in [3.8, 4) is 5.75 Å². The van der Waals surface area contributed by atoms with Gasteiger partial charge in [-0.15, -0.1) is 5.10 Å². The van der Waals surface area contributed by atoms with Gasteiger partial charge in [0.2, 0.25) is 0 Å². The Bertz CT molecular complexity index is 771. The van der Waals surface area contributed by atoms with E-state index in [1.165, 1.54) is 0 Å². The van der Waals surface area contributed by atoms with Crippen LogP contribution in [-0.2, 0) is 0 Å². The molecule has 0 bridgehead atoms. The van der Waals surface area contributed by atoms with Gasteiger partial charge < -0.3 is 19.4 Å². The first-order chi connectivity index (χ1) is 13.6. The molecule has 7 heteroatoms. The summed E-state index contributed by atoms with van der Waals surface area (Å²) < 4.78 is 5.67. The molecular weight excluding hydrogens is 354 g/mol. The number of amides is 1. The van der Waals surface area contributed by atoms with E-state index in [0.29, 0.717) is 25.3 Å². The van der Waals surface area contributed by atoms with E-state index in [1.807, 2.05) is 54.2 Å². The highest BCUT2D eigenvalue weighted by Crippen LogP contribution is 2.20. The van der Waals surface area contributed by atoms with Crippen LogP contribution in [0, 0.1) is 0 Å². The molecule has 1 aliphatic rings. The molecular formula is C21H29N5O2. The molecule has 2 aromatic rings. The molecule has 3 rings (SSSR count). The number of rotatable bonds is 7. The third kappa shape index (κ3) is 4.91. The summed E-state index contributed by atoms with van der Waals surface area (Å²) in [5.74, 6) is 1.73. The summed E-state index contributed by atoms with van der Waals surface area (Å²) in [7, 11) is 3.97. The van der Waals surface area contributed by atoms with Crippen LogP contribution in [0.4, 0.5) is 11.5 Å². The number of aromatic nitrogens is 2. The Hall–Kier alpha value is -2.83. The molecule has 1 aromatic carbocycles. The molecule has 28 heavy (non-hydrogen) atoms. The van der Waals surface area contributed by atoms with Crippen LogP contribution in [0.1, 0.15) is 30.1 Å². The second-order valence-corrected chi connectivity index (χ2v) is 7.17. The number of hydrogen-bond acceptors (Lipinski definition) is 6. The normalized spacial score (nSPS) is 14.1. The maximum absolute atomic E-state index is 12.8. The van der Waals surface area contributed by atoms with E-state index in [0.717, 1.165) is 43.2 Å². The summed E-state index contributed by atoms with van der Waals surface area (Å²) in [6.45, 7) is 5.67. The lowest BCUT2D eigenvalue weighted by Crippen LogP contribution is -2.49. The van der Waals surface area contributed by atoms with Gasteiger partial charge in [-0.05, 0) is 30.7 Å². The van der Waals surface area contributed by atoms with E-state index < -0.39 is 0 Å². The molecule has 2 heterocycles. The van der Waals surface area contributed by atoms with Crippen LogP contribution < -0.4 is 14.5 Å². The van der Waals surface area contributed by atoms with E-state index in [4.69, 9.17) is 4.74 Å². The lowest BCUT2D eigenvalue weighted by molar-refractivity contribution is 0.0746. The molecule has 0 spiro atoms. The molecule has 1 aliphatic heterocycles. The molecule has 1 fully saturated rings. The Labute approximate surface area is 166 Å². The predicted octanol–water partition coefficient (Wildman–Crippen LogP) is 2.68. The first-order valence-electron chi connectivity index (χ1n) is 9.85. The van der Waals surface area contributed by atoms with Gasteiger partial charge in [-0.1, -0.05) is 13.3 Å². The number of piperazine rings is 1. The van der Waals surface area contributed by atoms with E-state index in [1.54, 1.807) is 6.20 Å². The minimum absolute atomic E-state index is 0.0629. The topological polar surface area (TPSA) is 61.8 Å². The van der Waals surface area contributed by atoms with Gasteiger partial charge in [0.05, 0.1) is 18.5 Å². The second kappa shape index (κ2) is 9.39. The van der Waals surface area contributed by atoms with Crippen LogP contribution in [0.25, 0.3) is 0 Å². The fourth-order valence-electron chi connectivity index (χ4n) is 3.09. The number of ether oxygens (including phenoxy) is 1. The van der Waals surface area contributed by atoms with E-state index in [-0.39, 0.29) is 5.91 Å². The number of nitrogens with zero attached hydrogens (tertiary/aromatic N) is 5. The molecule has 1 saturated heterocycles. The molecule has 0 aliphatic carbocycles. The Morgan fingerprint density at radius 1 is 1.14 bits per heavy atom. The van der Waals surface area contributed by atoms with Crippen molar-refractivity contribution in [2.75, 3.05) is 56.7 Å². The van der Waals surface area contributed by atoms with Gasteiger partial charge in [0.15, 0.2) is 5.82 Å². The van der Waals surface area contributed by atoms with Gasteiger partial charge in [0, 0.05) is 51.9 Å². The summed E-state index contributed by atoms with van der Waals surface area (Å²) in [6, 6.07) is 9.48. The highest BCUT2D eigenvalue weighted by molar-refractivity contribution is 5.94. The third-order valence-electron chi connectivity index (χ3n) is 4.90. The van der Waals surface area contributed by atoms with Crippen LogP contribution in [0.2, 0.25) is 0 Å². The number of carbonyl (C=O) groups is 1. The van der Waals surface area contributed by atoms with Gasteiger partial charge in [0.1, 0.15) is 5.75 Å². The molecule has 0 unspecified atom stereocenters. The summed E-state index contributed by atoms with van der Waals surface area (Å²) >= 11 is 0. The maximum Gasteiger partial charge on any atom is 0.253 e. The van der Waals surface area contributed by atoms with Gasteiger partial charge in [0.25, 0.3) is 5.91 Å². The van der Waals surface area contributed by atoms with Crippen LogP contribution in [0.5, 0.6) is 5.75 Å². The zero-order chi connectivity index (χ0) is 19.9. The standard InChI is InChI=1S/C21H29N5O2/c1-4-5-14-28-19-8-6-17(7-9-19)21(27)26-12-10-25(11-13-26)20-15-18(24(2)3)16-22-23-20/h6-9,15-16H,4-5,10-14H2,1-3H3. The fourth-order valence-corrected chi connectivity index (χ4v) is 3.09. The summed E-state index contributed by atoms with van der Waals surface area (Å²) in [5, 5.41) is 8.34. The van der Waals surface area contributed by atoms with Crippen molar-refractivity contribution in [1.29, 1.82) is 0 Å². The SMILES string of the molecule is CCCCOc1ccc(C(=O)N2CCN(c3cc(N(C)C)cnn3)CC2)cc1. The van der Waals surface area contributed by atoms with Crippen molar-refractivity contribution < 1.29 is 9.53 Å². The van der Waals surface area contributed by atoms with Crippen molar-refractivity contribution >= 4 is 17.4 Å². The third-order valence-corrected chi connectivity index (χ3v) is 4.90. The average molecular weight is 383 g/mol. The monoisotopic (exact) mass is 383 g/mol. The molecule has 150 valence electrons. The van der Waals surface area contributed by atoms with E-state index in [9.17, 15) is 4.79 Å². The summed E-state index contributed by atoms with van der Waals surface area (Å²) in [6.07, 6.45) is 3.89. The minimum Gasteiger partial charge on any atom is -0.494 e. The molecule has 0 saturated carbocycles. The largest absolute Gasteiger partial charge is 0.494 e. The predicted molar refractivity (Wildman–Crippen MR) is 111 cm³/mol. The first-order valence-corrected chi connectivity index (χ1v) is 9.85. The zero-order valence-corrected chi connectivity index (χ0v) is 17.0. The first kappa shape index (κ1) is 19.9. The van der Waals surface area contributed by atoms with Gasteiger partial charge in [-0.2, -0.15) is 5.10 Å². The lowest BCUT2D eigenvalue weighted by atomic mass is 10.1. The van der Waals surface area contributed by atoms with Crippen molar-refractivity contribution in [2.45, 2.75) is 19.8 Å². The Balaban J connectivity index is 1.55. The van der Waals surface area contributed by atoms with Crippen LogP contribution in [0.15, 0.2) is 36.5 Å².